The SMILES string of the molecule is CC12CCC3(O)OC(CCCC#N)CCC3C1CCC[C@@H]2O. The lowest BCUT2D eigenvalue weighted by molar-refractivity contribution is -0.328. The first kappa shape index (κ1) is 16.2. The van der Waals surface area contributed by atoms with Crippen molar-refractivity contribution in [3.8, 4) is 6.07 Å². The summed E-state index contributed by atoms with van der Waals surface area (Å²) in [6, 6.07) is 2.17. The Morgan fingerprint density at radius 3 is 2.77 bits per heavy atom. The predicted octanol–water partition coefficient (Wildman–Crippen LogP) is 3.13. The molecule has 4 heteroatoms. The van der Waals surface area contributed by atoms with Crippen molar-refractivity contribution >= 4 is 0 Å². The molecule has 1 saturated heterocycles. The van der Waals surface area contributed by atoms with Gasteiger partial charge in [0.25, 0.3) is 0 Å². The average molecular weight is 307 g/mol. The Labute approximate surface area is 133 Å². The summed E-state index contributed by atoms with van der Waals surface area (Å²) in [5, 5.41) is 30.2. The van der Waals surface area contributed by atoms with Crippen molar-refractivity contribution in [2.45, 2.75) is 89.1 Å². The molecular weight excluding hydrogens is 278 g/mol. The maximum absolute atomic E-state index is 11.1. The van der Waals surface area contributed by atoms with E-state index in [9.17, 15) is 10.2 Å². The molecule has 5 unspecified atom stereocenters. The molecule has 0 aromatic heterocycles. The fourth-order valence-electron chi connectivity index (χ4n) is 5.30. The van der Waals surface area contributed by atoms with Gasteiger partial charge in [0, 0.05) is 18.8 Å². The first-order chi connectivity index (χ1) is 10.5. The smallest absolute Gasteiger partial charge is 0.168 e. The standard InChI is InChI=1S/C18H29NO3/c1-17-10-11-18(21)15(14(17)6-4-7-16(17)20)9-8-13(22-18)5-2-3-12-19/h13-16,20-21H,2-11H2,1H3/t13?,14?,15?,16-,17?,18?/m0/s1. The van der Waals surface area contributed by atoms with Gasteiger partial charge in [-0.05, 0) is 56.3 Å². The second-order valence-electron chi connectivity index (χ2n) is 7.88. The summed E-state index contributed by atoms with van der Waals surface area (Å²) in [4.78, 5) is 0. The molecule has 1 heterocycles. The number of nitrogens with zero attached hydrogens (tertiary/aromatic N) is 1. The van der Waals surface area contributed by atoms with Gasteiger partial charge in [0.05, 0.1) is 18.3 Å². The molecular formula is C18H29NO3. The van der Waals surface area contributed by atoms with Crippen LogP contribution in [-0.4, -0.2) is 28.2 Å². The van der Waals surface area contributed by atoms with Gasteiger partial charge in [0.15, 0.2) is 5.79 Å². The largest absolute Gasteiger partial charge is 0.393 e. The Morgan fingerprint density at radius 1 is 1.18 bits per heavy atom. The zero-order valence-corrected chi connectivity index (χ0v) is 13.6. The molecule has 2 N–H and O–H groups in total. The predicted molar refractivity (Wildman–Crippen MR) is 82.7 cm³/mol. The summed E-state index contributed by atoms with van der Waals surface area (Å²) in [6.07, 6.45) is 8.63. The molecule has 22 heavy (non-hydrogen) atoms. The third-order valence-corrected chi connectivity index (χ3v) is 6.67. The average Bonchev–Trinajstić information content (AvgIpc) is 2.49. The summed E-state index contributed by atoms with van der Waals surface area (Å²) in [6.45, 7) is 2.21. The van der Waals surface area contributed by atoms with Crippen molar-refractivity contribution in [3.63, 3.8) is 0 Å². The van der Waals surface area contributed by atoms with Crippen LogP contribution in [0.5, 0.6) is 0 Å². The second kappa shape index (κ2) is 6.11. The highest BCUT2D eigenvalue weighted by atomic mass is 16.6. The maximum atomic E-state index is 11.1. The van der Waals surface area contributed by atoms with Crippen molar-refractivity contribution in [1.82, 2.24) is 0 Å². The van der Waals surface area contributed by atoms with E-state index in [1.54, 1.807) is 0 Å². The van der Waals surface area contributed by atoms with Gasteiger partial charge >= 0.3 is 0 Å². The van der Waals surface area contributed by atoms with Gasteiger partial charge < -0.3 is 14.9 Å². The van der Waals surface area contributed by atoms with Gasteiger partial charge in [-0.15, -0.1) is 0 Å². The van der Waals surface area contributed by atoms with Crippen LogP contribution in [-0.2, 0) is 4.74 Å². The van der Waals surface area contributed by atoms with E-state index in [0.29, 0.717) is 18.8 Å². The molecule has 4 nitrogen and oxygen atoms in total. The van der Waals surface area contributed by atoms with Crippen LogP contribution in [0.4, 0.5) is 0 Å². The minimum atomic E-state index is -1.00. The third kappa shape index (κ3) is 2.68. The molecule has 0 spiro atoms. The molecule has 0 aromatic carbocycles. The Kier molecular flexibility index (Phi) is 4.51. The number of aliphatic hydroxyl groups is 2. The van der Waals surface area contributed by atoms with E-state index in [2.05, 4.69) is 13.0 Å². The van der Waals surface area contributed by atoms with E-state index in [0.717, 1.165) is 51.4 Å². The van der Waals surface area contributed by atoms with Gasteiger partial charge in [0.2, 0.25) is 0 Å². The number of ether oxygens (including phenoxy) is 1. The summed E-state index contributed by atoms with van der Waals surface area (Å²) >= 11 is 0. The minimum Gasteiger partial charge on any atom is -0.393 e. The van der Waals surface area contributed by atoms with Crippen molar-refractivity contribution in [2.75, 3.05) is 0 Å². The number of hydrogen-bond donors (Lipinski definition) is 2. The highest BCUT2D eigenvalue weighted by Crippen LogP contribution is 2.58. The Morgan fingerprint density at radius 2 is 2.00 bits per heavy atom. The van der Waals surface area contributed by atoms with Crippen LogP contribution in [0.1, 0.15) is 71.1 Å². The molecule has 3 rings (SSSR count). The summed E-state index contributed by atoms with van der Waals surface area (Å²) < 4.78 is 6.12. The molecule has 0 amide bonds. The monoisotopic (exact) mass is 307 g/mol. The Balaban J connectivity index is 1.70. The molecule has 6 atom stereocenters. The fourth-order valence-corrected chi connectivity index (χ4v) is 5.30. The summed E-state index contributed by atoms with van der Waals surface area (Å²) in [5.41, 5.74) is -0.0495. The molecule has 0 bridgehead atoms. The molecule has 0 radical (unpaired) electrons. The molecule has 2 aliphatic carbocycles. The van der Waals surface area contributed by atoms with Crippen LogP contribution in [0.25, 0.3) is 0 Å². The van der Waals surface area contributed by atoms with Crippen molar-refractivity contribution < 1.29 is 14.9 Å². The van der Waals surface area contributed by atoms with Crippen molar-refractivity contribution in [3.05, 3.63) is 0 Å². The van der Waals surface area contributed by atoms with Gasteiger partial charge in [0.1, 0.15) is 0 Å². The van der Waals surface area contributed by atoms with Crippen LogP contribution in [0.15, 0.2) is 0 Å². The van der Waals surface area contributed by atoms with E-state index < -0.39 is 5.79 Å². The quantitative estimate of drug-likeness (QED) is 0.786. The normalized spacial score (nSPS) is 48.1. The topological polar surface area (TPSA) is 73.5 Å². The molecule has 1 aliphatic heterocycles. The van der Waals surface area contributed by atoms with Gasteiger partial charge in [-0.3, -0.25) is 0 Å². The van der Waals surface area contributed by atoms with Crippen molar-refractivity contribution in [1.29, 1.82) is 5.26 Å². The first-order valence-electron chi connectivity index (χ1n) is 8.95. The van der Waals surface area contributed by atoms with Gasteiger partial charge in [-0.2, -0.15) is 5.26 Å². The fraction of sp³-hybridized carbons (Fsp3) is 0.944. The molecule has 0 aromatic rings. The Hall–Kier alpha value is -0.630. The zero-order chi connectivity index (χ0) is 15.8. The van der Waals surface area contributed by atoms with Crippen LogP contribution in [0.3, 0.4) is 0 Å². The lowest BCUT2D eigenvalue weighted by Crippen LogP contribution is -2.60. The van der Waals surface area contributed by atoms with E-state index in [4.69, 9.17) is 10.00 Å². The first-order valence-corrected chi connectivity index (χ1v) is 8.95. The van der Waals surface area contributed by atoms with Gasteiger partial charge in [-0.25, -0.2) is 0 Å². The summed E-state index contributed by atoms with van der Waals surface area (Å²) in [7, 11) is 0. The molecule has 124 valence electrons. The highest BCUT2D eigenvalue weighted by molar-refractivity contribution is 5.04. The van der Waals surface area contributed by atoms with Crippen molar-refractivity contribution in [2.24, 2.45) is 17.3 Å². The lowest BCUT2D eigenvalue weighted by atomic mass is 9.52. The molecule has 3 fully saturated rings. The van der Waals surface area contributed by atoms with E-state index in [1.807, 2.05) is 0 Å². The lowest BCUT2D eigenvalue weighted by Gasteiger charge is -2.59. The molecule has 2 saturated carbocycles. The van der Waals surface area contributed by atoms with E-state index in [-0.39, 0.29) is 23.5 Å². The molecule has 3 aliphatic rings. The Bertz CT molecular complexity index is 448. The summed E-state index contributed by atoms with van der Waals surface area (Å²) in [5.74, 6) is -0.472. The van der Waals surface area contributed by atoms with Crippen LogP contribution in [0.2, 0.25) is 0 Å². The number of unbranched alkanes of at least 4 members (excludes halogenated alkanes) is 1. The number of fused-ring (bicyclic) bond motifs is 3. The zero-order valence-electron chi connectivity index (χ0n) is 13.6. The van der Waals surface area contributed by atoms with Crippen LogP contribution >= 0.6 is 0 Å². The van der Waals surface area contributed by atoms with Crippen LogP contribution in [0, 0.1) is 28.6 Å². The van der Waals surface area contributed by atoms with Gasteiger partial charge in [-0.1, -0.05) is 13.3 Å². The number of nitriles is 1. The number of hydrogen-bond acceptors (Lipinski definition) is 4. The third-order valence-electron chi connectivity index (χ3n) is 6.67. The second-order valence-corrected chi connectivity index (χ2v) is 7.88. The van der Waals surface area contributed by atoms with E-state index >= 15 is 0 Å². The number of rotatable bonds is 3. The highest BCUT2D eigenvalue weighted by Gasteiger charge is 2.58. The maximum Gasteiger partial charge on any atom is 0.168 e. The van der Waals surface area contributed by atoms with Crippen LogP contribution < -0.4 is 0 Å². The minimum absolute atomic E-state index is 0.0495. The number of aliphatic hydroxyl groups excluding tert-OH is 1. The van der Waals surface area contributed by atoms with E-state index in [1.165, 1.54) is 0 Å².